The number of nitrogens with zero attached hydrogens (tertiary/aromatic N) is 1. The average molecular weight is 175 g/mol. The van der Waals surface area contributed by atoms with Crippen LogP contribution in [-0.2, 0) is 14.6 Å². The second-order valence-corrected chi connectivity index (χ2v) is 4.30. The van der Waals surface area contributed by atoms with Crippen LogP contribution in [0.25, 0.3) is 0 Å². The molecule has 0 N–H and O–H groups in total. The lowest BCUT2D eigenvalue weighted by molar-refractivity contribution is -0.123. The molecule has 0 bridgehead atoms. The van der Waals surface area contributed by atoms with Crippen LogP contribution >= 0.6 is 0 Å². The smallest absolute Gasteiger partial charge is 0.238 e. The van der Waals surface area contributed by atoms with E-state index >= 15 is 0 Å². The van der Waals surface area contributed by atoms with Crippen molar-refractivity contribution in [3.8, 4) is 0 Å². The van der Waals surface area contributed by atoms with Crippen molar-refractivity contribution in [1.29, 1.82) is 0 Å². The van der Waals surface area contributed by atoms with Crippen molar-refractivity contribution in [2.24, 2.45) is 0 Å². The Bertz CT molecular complexity index is 276. The van der Waals surface area contributed by atoms with Gasteiger partial charge in [0.25, 0.3) is 0 Å². The van der Waals surface area contributed by atoms with Crippen molar-refractivity contribution in [2.75, 3.05) is 18.8 Å². The molecule has 0 atom stereocenters. The van der Waals surface area contributed by atoms with Crippen LogP contribution in [0.5, 0.6) is 0 Å². The lowest BCUT2D eigenvalue weighted by atomic mass is 10.7. The number of sulfone groups is 1. The Morgan fingerprint density at radius 2 is 2.09 bits per heavy atom. The summed E-state index contributed by atoms with van der Waals surface area (Å²) in [4.78, 5) is 12.4. The van der Waals surface area contributed by atoms with E-state index in [1.807, 2.05) is 0 Å². The third kappa shape index (κ3) is 2.34. The number of hydrogen-bond acceptors (Lipinski definition) is 3. The highest BCUT2D eigenvalue weighted by Gasteiger charge is 2.26. The van der Waals surface area contributed by atoms with Gasteiger partial charge in [-0.2, -0.15) is 0 Å². The molecule has 0 unspecified atom stereocenters. The van der Waals surface area contributed by atoms with E-state index in [9.17, 15) is 13.2 Å². The van der Waals surface area contributed by atoms with E-state index in [0.717, 1.165) is 5.41 Å². The SMILES string of the molecule is C=CS(=O)(=O)CC(=O)N1CC1. The molecule has 0 spiro atoms. The van der Waals surface area contributed by atoms with Crippen LogP contribution in [0.3, 0.4) is 0 Å². The second-order valence-electron chi connectivity index (χ2n) is 2.35. The highest BCUT2D eigenvalue weighted by Crippen LogP contribution is 2.05. The fourth-order valence-corrected chi connectivity index (χ4v) is 1.27. The zero-order valence-corrected chi connectivity index (χ0v) is 6.80. The minimum atomic E-state index is -3.35. The highest BCUT2D eigenvalue weighted by molar-refractivity contribution is 7.94. The summed E-state index contributed by atoms with van der Waals surface area (Å²) in [6, 6.07) is 0. The topological polar surface area (TPSA) is 54.2 Å². The van der Waals surface area contributed by atoms with Gasteiger partial charge in [0, 0.05) is 18.5 Å². The molecule has 1 saturated heterocycles. The maximum absolute atomic E-state index is 10.9. The Kier molecular flexibility index (Phi) is 1.99. The fraction of sp³-hybridized carbons (Fsp3) is 0.500. The van der Waals surface area contributed by atoms with Crippen molar-refractivity contribution in [3.63, 3.8) is 0 Å². The van der Waals surface area contributed by atoms with Crippen molar-refractivity contribution in [1.82, 2.24) is 4.90 Å². The van der Waals surface area contributed by atoms with E-state index in [1.165, 1.54) is 4.90 Å². The predicted octanol–water partition coefficient (Wildman–Crippen LogP) is -0.613. The van der Waals surface area contributed by atoms with Gasteiger partial charge in [0.05, 0.1) is 0 Å². The van der Waals surface area contributed by atoms with Crippen LogP contribution < -0.4 is 0 Å². The molecule has 11 heavy (non-hydrogen) atoms. The largest absolute Gasteiger partial charge is 0.338 e. The summed E-state index contributed by atoms with van der Waals surface area (Å²) >= 11 is 0. The molecular formula is C6H9NO3S. The second kappa shape index (κ2) is 2.65. The minimum Gasteiger partial charge on any atom is -0.338 e. The van der Waals surface area contributed by atoms with Gasteiger partial charge >= 0.3 is 0 Å². The van der Waals surface area contributed by atoms with E-state index in [1.54, 1.807) is 0 Å². The molecule has 5 heteroatoms. The Balaban J connectivity index is 2.53. The summed E-state index contributed by atoms with van der Waals surface area (Å²) < 4.78 is 21.6. The molecule has 0 aromatic heterocycles. The van der Waals surface area contributed by atoms with Gasteiger partial charge in [-0.25, -0.2) is 8.42 Å². The van der Waals surface area contributed by atoms with Gasteiger partial charge in [0.15, 0.2) is 9.84 Å². The number of amides is 1. The molecule has 1 amide bonds. The Labute approximate surface area is 65.4 Å². The molecular weight excluding hydrogens is 166 g/mol. The Hall–Kier alpha value is -0.840. The van der Waals surface area contributed by atoms with Crippen molar-refractivity contribution in [3.05, 3.63) is 12.0 Å². The first-order chi connectivity index (χ1) is 5.05. The predicted molar refractivity (Wildman–Crippen MR) is 40.6 cm³/mol. The number of carbonyl (C=O) groups excluding carboxylic acids is 1. The molecule has 1 rings (SSSR count). The first kappa shape index (κ1) is 8.26. The van der Waals surface area contributed by atoms with Gasteiger partial charge in [-0.3, -0.25) is 4.79 Å². The number of rotatable bonds is 3. The molecule has 1 aliphatic heterocycles. The fourth-order valence-electron chi connectivity index (χ4n) is 0.622. The number of carbonyl (C=O) groups is 1. The Morgan fingerprint density at radius 1 is 1.55 bits per heavy atom. The lowest BCUT2D eigenvalue weighted by Crippen LogP contribution is -2.20. The maximum Gasteiger partial charge on any atom is 0.238 e. The summed E-state index contributed by atoms with van der Waals surface area (Å²) in [7, 11) is -3.35. The quantitative estimate of drug-likeness (QED) is 0.537. The minimum absolute atomic E-state index is 0.329. The van der Waals surface area contributed by atoms with Crippen molar-refractivity contribution >= 4 is 15.7 Å². The summed E-state index contributed by atoms with van der Waals surface area (Å²) in [6.07, 6.45) is 0. The Morgan fingerprint density at radius 3 is 2.45 bits per heavy atom. The number of hydrogen-bond donors (Lipinski definition) is 0. The molecule has 0 aliphatic carbocycles. The van der Waals surface area contributed by atoms with E-state index in [-0.39, 0.29) is 5.91 Å². The summed E-state index contributed by atoms with van der Waals surface area (Å²) in [5, 5.41) is 0.814. The van der Waals surface area contributed by atoms with Gasteiger partial charge in [-0.05, 0) is 0 Å². The summed E-state index contributed by atoms with van der Waals surface area (Å²) in [5.41, 5.74) is 0. The molecule has 1 fully saturated rings. The molecule has 0 saturated carbocycles. The van der Waals surface area contributed by atoms with Crippen LogP contribution in [0.1, 0.15) is 0 Å². The summed E-state index contributed by atoms with van der Waals surface area (Å²) in [5.74, 6) is -0.763. The van der Waals surface area contributed by atoms with E-state index in [2.05, 4.69) is 6.58 Å². The average Bonchev–Trinajstić information content (AvgIpc) is 2.67. The lowest BCUT2D eigenvalue weighted by Gasteiger charge is -1.98. The van der Waals surface area contributed by atoms with E-state index < -0.39 is 15.6 Å². The van der Waals surface area contributed by atoms with Crippen LogP contribution in [-0.4, -0.2) is 38.1 Å². The normalized spacial score (nSPS) is 16.2. The third-order valence-electron chi connectivity index (χ3n) is 1.38. The third-order valence-corrected chi connectivity index (χ3v) is 2.54. The maximum atomic E-state index is 10.9. The zero-order valence-electron chi connectivity index (χ0n) is 5.99. The van der Waals surface area contributed by atoms with Crippen LogP contribution in [0.2, 0.25) is 0 Å². The van der Waals surface area contributed by atoms with Crippen LogP contribution in [0.15, 0.2) is 12.0 Å². The van der Waals surface area contributed by atoms with Gasteiger partial charge in [0.2, 0.25) is 5.91 Å². The molecule has 0 aromatic rings. The first-order valence-corrected chi connectivity index (χ1v) is 4.90. The monoisotopic (exact) mass is 175 g/mol. The van der Waals surface area contributed by atoms with Gasteiger partial charge in [-0.1, -0.05) is 6.58 Å². The molecule has 62 valence electrons. The van der Waals surface area contributed by atoms with E-state index in [4.69, 9.17) is 0 Å². The van der Waals surface area contributed by atoms with Gasteiger partial charge < -0.3 is 4.90 Å². The highest BCUT2D eigenvalue weighted by atomic mass is 32.2. The van der Waals surface area contributed by atoms with Crippen molar-refractivity contribution < 1.29 is 13.2 Å². The van der Waals surface area contributed by atoms with Crippen LogP contribution in [0, 0.1) is 0 Å². The van der Waals surface area contributed by atoms with Gasteiger partial charge in [-0.15, -0.1) is 0 Å². The molecule has 0 aromatic carbocycles. The molecule has 0 radical (unpaired) electrons. The van der Waals surface area contributed by atoms with Crippen LogP contribution in [0.4, 0.5) is 0 Å². The first-order valence-electron chi connectivity index (χ1n) is 3.18. The zero-order chi connectivity index (χ0) is 8.48. The van der Waals surface area contributed by atoms with E-state index in [0.29, 0.717) is 13.1 Å². The van der Waals surface area contributed by atoms with Gasteiger partial charge in [0.1, 0.15) is 5.75 Å². The molecule has 1 heterocycles. The standard InChI is InChI=1S/C6H9NO3S/c1-2-11(9,10)5-6(8)7-3-4-7/h2H,1,3-5H2. The summed E-state index contributed by atoms with van der Waals surface area (Å²) in [6.45, 7) is 4.48. The molecule has 4 nitrogen and oxygen atoms in total. The molecule has 1 aliphatic rings. The van der Waals surface area contributed by atoms with Crippen molar-refractivity contribution in [2.45, 2.75) is 0 Å².